The Morgan fingerprint density at radius 3 is 1.86 bits per heavy atom. The lowest BCUT2D eigenvalue weighted by molar-refractivity contribution is 0.439. The average Bonchev–Trinajstić information content (AvgIpc) is 3.05. The van der Waals surface area contributed by atoms with Gasteiger partial charge < -0.3 is 9.76 Å². The van der Waals surface area contributed by atoms with Gasteiger partial charge in [0.05, 0.1) is 5.41 Å². The van der Waals surface area contributed by atoms with Crippen LogP contribution in [0.25, 0.3) is 11.1 Å². The molecule has 0 saturated heterocycles. The van der Waals surface area contributed by atoms with Gasteiger partial charge in [-0.25, -0.2) is 0 Å². The van der Waals surface area contributed by atoms with Crippen LogP contribution < -0.4 is 10.2 Å². The Balaban J connectivity index is 1.85. The molecular weight excluding hydrogens is 343 g/mol. The molecule has 4 aromatic carbocycles. The zero-order valence-corrected chi connectivity index (χ0v) is 15.1. The number of fused-ring (bicyclic) bond motifs is 9. The smallest absolute Gasteiger partial charge is 0.330 e. The molecule has 2 nitrogen and oxygen atoms in total. The first-order chi connectivity index (χ1) is 13.9. The molecule has 2 aliphatic rings. The first kappa shape index (κ1) is 15.7. The predicted molar refractivity (Wildman–Crippen MR) is 111 cm³/mol. The summed E-state index contributed by atoms with van der Waals surface area (Å²) in [6.07, 6.45) is 0. The quantitative estimate of drug-likeness (QED) is 0.441. The molecule has 1 heterocycles. The fraction of sp³-hybridized carbons (Fsp3) is 0.0400. The van der Waals surface area contributed by atoms with E-state index >= 15 is 0 Å². The Labute approximate surface area is 164 Å². The lowest BCUT2D eigenvalue weighted by Crippen LogP contribution is -2.35. The summed E-state index contributed by atoms with van der Waals surface area (Å²) in [5.74, 6) is 1.55. The number of rotatable bonds is 1. The molecule has 6 rings (SSSR count). The Morgan fingerprint density at radius 2 is 1.18 bits per heavy atom. The third kappa shape index (κ3) is 1.77. The highest BCUT2D eigenvalue weighted by Crippen LogP contribution is 2.61. The monoisotopic (exact) mass is 359 g/mol. The summed E-state index contributed by atoms with van der Waals surface area (Å²) in [5, 5.41) is 9.86. The van der Waals surface area contributed by atoms with Crippen molar-refractivity contribution in [2.75, 3.05) is 0 Å². The second-order valence-corrected chi connectivity index (χ2v) is 7.29. The Morgan fingerprint density at radius 1 is 0.607 bits per heavy atom. The molecule has 1 N–H and O–H groups in total. The third-order valence-electron chi connectivity index (χ3n) is 6.04. The van der Waals surface area contributed by atoms with Gasteiger partial charge in [0.2, 0.25) is 0 Å². The Hall–Kier alpha value is -3.30. The summed E-state index contributed by atoms with van der Waals surface area (Å²) in [6, 6.07) is 31.5. The van der Waals surface area contributed by atoms with Crippen molar-refractivity contribution in [2.24, 2.45) is 0 Å². The third-order valence-corrected chi connectivity index (χ3v) is 6.04. The van der Waals surface area contributed by atoms with Crippen LogP contribution in [0.4, 0.5) is 0 Å². The summed E-state index contributed by atoms with van der Waals surface area (Å²) in [6.45, 7) is 0. The van der Waals surface area contributed by atoms with Crippen LogP contribution in [0.5, 0.6) is 11.5 Å². The zero-order chi connectivity index (χ0) is 18.7. The van der Waals surface area contributed by atoms with Crippen LogP contribution in [0.15, 0.2) is 91.0 Å². The molecule has 0 fully saturated rings. The van der Waals surface area contributed by atoms with Crippen molar-refractivity contribution in [1.82, 2.24) is 0 Å². The molecule has 0 bridgehead atoms. The van der Waals surface area contributed by atoms with Gasteiger partial charge >= 0.3 is 7.48 Å². The lowest BCUT2D eigenvalue weighted by Gasteiger charge is -2.40. The second-order valence-electron chi connectivity index (χ2n) is 7.29. The number of ether oxygens (including phenoxy) is 1. The van der Waals surface area contributed by atoms with Crippen LogP contribution in [0.3, 0.4) is 0 Å². The molecule has 0 atom stereocenters. The van der Waals surface area contributed by atoms with Crippen LogP contribution in [0.2, 0.25) is 0 Å². The van der Waals surface area contributed by atoms with Crippen LogP contribution in [0, 0.1) is 0 Å². The average molecular weight is 359 g/mol. The molecular formula is C25H16BO2. The first-order valence-corrected chi connectivity index (χ1v) is 9.43. The van der Waals surface area contributed by atoms with Gasteiger partial charge in [-0.3, -0.25) is 0 Å². The van der Waals surface area contributed by atoms with Gasteiger partial charge in [-0.1, -0.05) is 84.9 Å². The molecule has 0 unspecified atom stereocenters. The molecule has 28 heavy (non-hydrogen) atoms. The minimum atomic E-state index is -0.462. The summed E-state index contributed by atoms with van der Waals surface area (Å²) in [7, 11) is 1.13. The van der Waals surface area contributed by atoms with E-state index in [0.717, 1.165) is 30.1 Å². The van der Waals surface area contributed by atoms with Gasteiger partial charge in [0.25, 0.3) is 0 Å². The van der Waals surface area contributed by atoms with Gasteiger partial charge in [0.15, 0.2) is 0 Å². The van der Waals surface area contributed by atoms with Crippen molar-refractivity contribution in [3.05, 3.63) is 113 Å². The number of para-hydroxylation sites is 2. The zero-order valence-electron chi connectivity index (χ0n) is 15.1. The molecule has 1 radical (unpaired) electrons. The first-order valence-electron chi connectivity index (χ1n) is 9.43. The van der Waals surface area contributed by atoms with Crippen LogP contribution in [-0.2, 0) is 5.41 Å². The van der Waals surface area contributed by atoms with E-state index < -0.39 is 5.41 Å². The fourth-order valence-corrected chi connectivity index (χ4v) is 5.00. The van der Waals surface area contributed by atoms with E-state index in [1.807, 2.05) is 24.3 Å². The highest BCUT2D eigenvalue weighted by molar-refractivity contribution is 6.47. The maximum Gasteiger partial charge on any atom is 0.330 e. The van der Waals surface area contributed by atoms with Crippen molar-refractivity contribution in [3.8, 4) is 22.6 Å². The highest BCUT2D eigenvalue weighted by Gasteiger charge is 2.51. The van der Waals surface area contributed by atoms with Gasteiger partial charge in [-0.15, -0.1) is 0 Å². The molecule has 3 heteroatoms. The van der Waals surface area contributed by atoms with Crippen molar-refractivity contribution < 1.29 is 9.76 Å². The Kier molecular flexibility index (Phi) is 3.15. The molecule has 0 saturated carbocycles. The van der Waals surface area contributed by atoms with Crippen molar-refractivity contribution in [1.29, 1.82) is 0 Å². The van der Waals surface area contributed by atoms with Crippen molar-refractivity contribution in [3.63, 3.8) is 0 Å². The largest absolute Gasteiger partial charge is 0.457 e. The predicted octanol–water partition coefficient (Wildman–Crippen LogP) is 4.39. The maximum atomic E-state index is 9.86. The summed E-state index contributed by atoms with van der Waals surface area (Å²) >= 11 is 0. The van der Waals surface area contributed by atoms with E-state index in [1.165, 1.54) is 22.3 Å². The minimum absolute atomic E-state index is 0.462. The van der Waals surface area contributed by atoms with E-state index in [2.05, 4.69) is 66.7 Å². The number of benzene rings is 4. The van der Waals surface area contributed by atoms with Gasteiger partial charge in [-0.2, -0.15) is 0 Å². The minimum Gasteiger partial charge on any atom is -0.457 e. The van der Waals surface area contributed by atoms with E-state index in [1.54, 1.807) is 0 Å². The second kappa shape index (κ2) is 5.60. The van der Waals surface area contributed by atoms with Gasteiger partial charge in [0, 0.05) is 11.1 Å². The molecule has 131 valence electrons. The molecule has 4 aromatic rings. The molecule has 0 aromatic heterocycles. The van der Waals surface area contributed by atoms with E-state index in [0.29, 0.717) is 5.46 Å². The van der Waals surface area contributed by atoms with Gasteiger partial charge in [0.1, 0.15) is 11.5 Å². The van der Waals surface area contributed by atoms with E-state index in [9.17, 15) is 5.02 Å². The van der Waals surface area contributed by atoms with E-state index in [4.69, 9.17) is 4.74 Å². The van der Waals surface area contributed by atoms with E-state index in [-0.39, 0.29) is 0 Å². The van der Waals surface area contributed by atoms with Crippen LogP contribution in [-0.4, -0.2) is 12.5 Å². The fourth-order valence-electron chi connectivity index (χ4n) is 5.00. The maximum absolute atomic E-state index is 9.86. The molecule has 1 aliphatic heterocycles. The standard InChI is InChI=1S/C25H16BO2/c27-26-22-14-7-13-21-24(22)28-23-15-6-5-12-20(23)25(21)18-10-3-1-8-16(18)17-9-2-4-11-19(17)25/h1-15,27H. The molecule has 1 aliphatic carbocycles. The van der Waals surface area contributed by atoms with Crippen molar-refractivity contribution in [2.45, 2.75) is 5.41 Å². The summed E-state index contributed by atoms with van der Waals surface area (Å²) < 4.78 is 6.32. The van der Waals surface area contributed by atoms with Crippen LogP contribution in [0.1, 0.15) is 22.3 Å². The summed E-state index contributed by atoms with van der Waals surface area (Å²) in [4.78, 5) is 0. The van der Waals surface area contributed by atoms with Gasteiger partial charge in [-0.05, 0) is 33.8 Å². The van der Waals surface area contributed by atoms with Crippen molar-refractivity contribution >= 4 is 12.9 Å². The van der Waals surface area contributed by atoms with Crippen LogP contribution >= 0.6 is 0 Å². The normalized spacial score (nSPS) is 14.5. The number of hydrogen-bond acceptors (Lipinski definition) is 2. The molecule has 1 spiro atoms. The number of hydrogen-bond donors (Lipinski definition) is 1. The lowest BCUT2D eigenvalue weighted by atomic mass is 9.65. The Bertz CT molecular complexity index is 1200. The summed E-state index contributed by atoms with van der Waals surface area (Å²) in [5.41, 5.74) is 7.43. The highest BCUT2D eigenvalue weighted by atomic mass is 16.5. The SMILES string of the molecule is O[B]c1cccc2c1Oc1ccccc1C21c2ccccc2-c2ccccc21. The topological polar surface area (TPSA) is 29.5 Å². The molecule has 0 amide bonds.